The molecule has 0 bridgehead atoms. The van der Waals surface area contributed by atoms with Gasteiger partial charge in [0.15, 0.2) is 0 Å². The summed E-state index contributed by atoms with van der Waals surface area (Å²) in [6.07, 6.45) is 8.03. The fourth-order valence-electron chi connectivity index (χ4n) is 6.58. The molecule has 0 radical (unpaired) electrons. The molecule has 7 nitrogen and oxygen atoms in total. The van der Waals surface area contributed by atoms with E-state index in [0.717, 1.165) is 71.9 Å². The molecule has 2 aromatic carbocycles. The average molecular weight is 571 g/mol. The molecule has 2 atom stereocenters. The van der Waals surface area contributed by atoms with Crippen LogP contribution in [0.15, 0.2) is 64.8 Å². The number of ether oxygens (including phenoxy) is 1. The smallest absolute Gasteiger partial charge is 0.318 e. The zero-order chi connectivity index (χ0) is 28.5. The molecule has 0 spiro atoms. The predicted molar refractivity (Wildman–Crippen MR) is 170 cm³/mol. The topological polar surface area (TPSA) is 57.1 Å². The third-order valence-electron chi connectivity index (χ3n) is 8.95. The summed E-state index contributed by atoms with van der Waals surface area (Å²) >= 11 is 6.72. The molecule has 0 amide bonds. The number of aromatic nitrogens is 2. The lowest BCUT2D eigenvalue weighted by atomic mass is 9.94. The minimum Gasteiger partial charge on any atom is -0.462 e. The van der Waals surface area contributed by atoms with E-state index in [9.17, 15) is 0 Å². The number of nitrogens with zero attached hydrogens (tertiary/aromatic N) is 6. The quantitative estimate of drug-likeness (QED) is 0.304. The summed E-state index contributed by atoms with van der Waals surface area (Å²) in [4.78, 5) is 21.3. The van der Waals surface area contributed by atoms with Gasteiger partial charge in [0.1, 0.15) is 12.4 Å². The van der Waals surface area contributed by atoms with Gasteiger partial charge in [0.25, 0.3) is 0 Å². The van der Waals surface area contributed by atoms with E-state index in [2.05, 4.69) is 77.6 Å². The van der Waals surface area contributed by atoms with E-state index in [1.165, 1.54) is 23.1 Å². The van der Waals surface area contributed by atoms with Gasteiger partial charge in [-0.3, -0.25) is 4.99 Å². The van der Waals surface area contributed by atoms with E-state index in [4.69, 9.17) is 26.3 Å². The van der Waals surface area contributed by atoms with Crippen LogP contribution in [0.5, 0.6) is 6.01 Å². The van der Waals surface area contributed by atoms with Crippen molar-refractivity contribution in [1.29, 1.82) is 0 Å². The van der Waals surface area contributed by atoms with Gasteiger partial charge in [-0.05, 0) is 89.0 Å². The van der Waals surface area contributed by atoms with E-state index in [1.807, 2.05) is 12.1 Å². The normalized spacial score (nSPS) is 21.7. The number of likely N-dealkylation sites (N-methyl/N-ethyl adjacent to an activating group) is 1. The number of likely N-dealkylation sites (tertiary alicyclic amines) is 1. The van der Waals surface area contributed by atoms with E-state index in [-0.39, 0.29) is 0 Å². The van der Waals surface area contributed by atoms with E-state index in [0.29, 0.717) is 31.2 Å². The van der Waals surface area contributed by atoms with E-state index in [1.54, 1.807) is 6.20 Å². The monoisotopic (exact) mass is 570 g/mol. The van der Waals surface area contributed by atoms with Crippen LogP contribution in [0.25, 0.3) is 10.8 Å². The van der Waals surface area contributed by atoms with Crippen LogP contribution in [0.1, 0.15) is 44.4 Å². The molecule has 6 rings (SSSR count). The molecule has 4 heterocycles. The first-order valence-electron chi connectivity index (χ1n) is 14.7. The van der Waals surface area contributed by atoms with Gasteiger partial charge in [-0.2, -0.15) is 9.97 Å². The Labute approximate surface area is 248 Å². The van der Waals surface area contributed by atoms with Crippen LogP contribution in [-0.2, 0) is 13.0 Å². The Kier molecular flexibility index (Phi) is 8.00. The molecular weight excluding hydrogens is 532 g/mol. The third kappa shape index (κ3) is 5.57. The molecule has 3 aromatic rings. The number of aliphatic imine (C=N–C) groups is 1. The Morgan fingerprint density at radius 3 is 2.76 bits per heavy atom. The average Bonchev–Trinajstić information content (AvgIpc) is 3.39. The maximum Gasteiger partial charge on any atom is 0.318 e. The maximum absolute atomic E-state index is 6.72. The molecule has 1 fully saturated rings. The van der Waals surface area contributed by atoms with Crippen LogP contribution in [-0.4, -0.2) is 67.0 Å². The highest BCUT2D eigenvalue weighted by Crippen LogP contribution is 2.38. The fraction of sp³-hybridized carbons (Fsp3) is 0.424. The highest BCUT2D eigenvalue weighted by atomic mass is 35.5. The molecule has 0 N–H and O–H groups in total. The van der Waals surface area contributed by atoms with Gasteiger partial charge in [-0.15, -0.1) is 0 Å². The van der Waals surface area contributed by atoms with Gasteiger partial charge in [0.2, 0.25) is 0 Å². The minimum atomic E-state index is 0.312. The van der Waals surface area contributed by atoms with Crippen molar-refractivity contribution in [2.45, 2.75) is 58.2 Å². The zero-order valence-electron chi connectivity index (χ0n) is 24.3. The lowest BCUT2D eigenvalue weighted by Crippen LogP contribution is -2.41. The van der Waals surface area contributed by atoms with Crippen molar-refractivity contribution in [3.05, 3.63) is 76.1 Å². The van der Waals surface area contributed by atoms with Gasteiger partial charge < -0.3 is 19.4 Å². The minimum absolute atomic E-state index is 0.312. The summed E-state index contributed by atoms with van der Waals surface area (Å²) in [5, 5.41) is 3.01. The number of halogens is 1. The van der Waals surface area contributed by atoms with Crippen molar-refractivity contribution in [3.63, 3.8) is 0 Å². The molecule has 1 aromatic heterocycles. The highest BCUT2D eigenvalue weighted by Gasteiger charge is 2.31. The van der Waals surface area contributed by atoms with Crippen molar-refractivity contribution in [2.24, 2.45) is 4.99 Å². The Morgan fingerprint density at radius 1 is 1.15 bits per heavy atom. The number of hydrogen-bond donors (Lipinski definition) is 0. The first-order chi connectivity index (χ1) is 19.9. The van der Waals surface area contributed by atoms with Crippen LogP contribution < -0.4 is 14.5 Å². The van der Waals surface area contributed by atoms with Crippen molar-refractivity contribution in [2.75, 3.05) is 43.1 Å². The number of hydrogen-bond acceptors (Lipinski definition) is 7. The van der Waals surface area contributed by atoms with Gasteiger partial charge in [0, 0.05) is 48.0 Å². The summed E-state index contributed by atoms with van der Waals surface area (Å²) in [6, 6.07) is 13.7. The molecule has 3 aliphatic rings. The molecular formula is C33H39ClN6O. The number of anilines is 2. The summed E-state index contributed by atoms with van der Waals surface area (Å²) in [5.74, 6) is 0.998. The highest BCUT2D eigenvalue weighted by molar-refractivity contribution is 6.36. The van der Waals surface area contributed by atoms with Crippen LogP contribution >= 0.6 is 11.6 Å². The van der Waals surface area contributed by atoms with Gasteiger partial charge >= 0.3 is 6.01 Å². The summed E-state index contributed by atoms with van der Waals surface area (Å²) in [7, 11) is 2.17. The van der Waals surface area contributed by atoms with Crippen molar-refractivity contribution in [1.82, 2.24) is 14.9 Å². The predicted octanol–water partition coefficient (Wildman–Crippen LogP) is 6.45. The number of benzene rings is 2. The third-order valence-corrected chi connectivity index (χ3v) is 9.26. The Morgan fingerprint density at radius 2 is 1.98 bits per heavy atom. The van der Waals surface area contributed by atoms with Gasteiger partial charge in [0.05, 0.1) is 17.3 Å². The SMILES string of the molecule is C=N/C=C\C1=C(C)C[C@H](C)N(c2nc(OC[C@@H]3CCCN3C)nc3c2CCN(c2cccc4cccc(Cl)c24)C3)C1. The molecule has 0 unspecified atom stereocenters. The van der Waals surface area contributed by atoms with E-state index < -0.39 is 0 Å². The Bertz CT molecular complexity index is 1510. The maximum atomic E-state index is 6.72. The van der Waals surface area contributed by atoms with Gasteiger partial charge in [-0.1, -0.05) is 41.4 Å². The summed E-state index contributed by atoms with van der Waals surface area (Å²) in [6.45, 7) is 12.1. The van der Waals surface area contributed by atoms with Crippen LogP contribution in [0.3, 0.4) is 0 Å². The van der Waals surface area contributed by atoms with Crippen molar-refractivity contribution >= 4 is 40.6 Å². The first kappa shape index (κ1) is 27.7. The number of rotatable bonds is 7. The molecule has 41 heavy (non-hydrogen) atoms. The second kappa shape index (κ2) is 11.8. The van der Waals surface area contributed by atoms with Crippen molar-refractivity contribution < 1.29 is 4.74 Å². The van der Waals surface area contributed by atoms with Crippen molar-refractivity contribution in [3.8, 4) is 6.01 Å². The van der Waals surface area contributed by atoms with Crippen LogP contribution in [0.2, 0.25) is 5.02 Å². The second-order valence-corrected chi connectivity index (χ2v) is 12.0. The first-order valence-corrected chi connectivity index (χ1v) is 15.0. The lowest BCUT2D eigenvalue weighted by Gasteiger charge is -2.39. The molecule has 3 aliphatic heterocycles. The summed E-state index contributed by atoms with van der Waals surface area (Å²) < 4.78 is 6.36. The second-order valence-electron chi connectivity index (χ2n) is 11.6. The standard InChI is InChI=1S/C33H39ClN6O/c1-22-18-23(2)40(19-25(22)13-15-35-3)32-27-14-17-39(30-12-6-9-24-8-5-11-28(34)31(24)30)20-29(27)36-33(37-32)41-21-26-10-7-16-38(26)4/h5-6,8-9,11-13,15,23,26H,3,7,10,14,16-21H2,1-2,4H3/b15-13-/t23-,26-/m0/s1. The molecule has 0 aliphatic carbocycles. The van der Waals surface area contributed by atoms with Crippen LogP contribution in [0.4, 0.5) is 11.5 Å². The van der Waals surface area contributed by atoms with Gasteiger partial charge in [-0.25, -0.2) is 0 Å². The van der Waals surface area contributed by atoms with E-state index >= 15 is 0 Å². The molecule has 8 heteroatoms. The Balaban J connectivity index is 1.37. The zero-order valence-corrected chi connectivity index (χ0v) is 25.1. The molecule has 214 valence electrons. The molecule has 0 saturated carbocycles. The number of fused-ring (bicyclic) bond motifs is 2. The Hall–Kier alpha value is -3.42. The largest absolute Gasteiger partial charge is 0.462 e. The fourth-order valence-corrected chi connectivity index (χ4v) is 6.86. The molecule has 1 saturated heterocycles. The lowest BCUT2D eigenvalue weighted by molar-refractivity contribution is 0.187. The van der Waals surface area contributed by atoms with Crippen LogP contribution in [0, 0.1) is 0 Å². The summed E-state index contributed by atoms with van der Waals surface area (Å²) in [5.41, 5.74) is 6.04.